The molecule has 1 aliphatic carbocycles. The van der Waals surface area contributed by atoms with E-state index in [0.29, 0.717) is 5.88 Å². The Morgan fingerprint density at radius 1 is 1.19 bits per heavy atom. The van der Waals surface area contributed by atoms with Crippen LogP contribution in [0.25, 0.3) is 10.8 Å². The molecule has 1 aliphatic heterocycles. The van der Waals surface area contributed by atoms with E-state index in [1.807, 2.05) is 12.1 Å². The molecule has 1 aromatic carbocycles. The zero-order chi connectivity index (χ0) is 18.6. The Balaban J connectivity index is 1.53. The van der Waals surface area contributed by atoms with E-state index < -0.39 is 6.03 Å². The normalized spacial score (nSPS) is 23.2. The highest BCUT2D eigenvalue weighted by Gasteiger charge is 2.24. The zero-order valence-electron chi connectivity index (χ0n) is 15.4. The quantitative estimate of drug-likeness (QED) is 0.863. The van der Waals surface area contributed by atoms with Crippen molar-refractivity contribution in [3.05, 3.63) is 30.3 Å². The molecule has 2 aromatic rings. The van der Waals surface area contributed by atoms with Gasteiger partial charge >= 0.3 is 6.03 Å². The summed E-state index contributed by atoms with van der Waals surface area (Å²) < 4.78 is 11.8. The summed E-state index contributed by atoms with van der Waals surface area (Å²) in [4.78, 5) is 18.1. The molecule has 27 heavy (non-hydrogen) atoms. The second kappa shape index (κ2) is 8.00. The Labute approximate surface area is 158 Å². The van der Waals surface area contributed by atoms with E-state index in [1.165, 1.54) is 0 Å². The van der Waals surface area contributed by atoms with Crippen LogP contribution < -0.4 is 20.7 Å². The third kappa shape index (κ3) is 4.24. The smallest absolute Gasteiger partial charge is 0.312 e. The zero-order valence-corrected chi connectivity index (χ0v) is 15.4. The highest BCUT2D eigenvalue weighted by atomic mass is 16.5. The van der Waals surface area contributed by atoms with Crippen LogP contribution in [0.5, 0.6) is 5.88 Å². The number of ether oxygens (including phenoxy) is 2. The number of anilines is 1. The van der Waals surface area contributed by atoms with Crippen molar-refractivity contribution >= 4 is 22.6 Å². The summed E-state index contributed by atoms with van der Waals surface area (Å²) in [7, 11) is 0. The van der Waals surface area contributed by atoms with E-state index in [1.54, 1.807) is 0 Å². The van der Waals surface area contributed by atoms with E-state index in [-0.39, 0.29) is 12.1 Å². The summed E-state index contributed by atoms with van der Waals surface area (Å²) in [5.41, 5.74) is 5.23. The van der Waals surface area contributed by atoms with Crippen molar-refractivity contribution in [2.45, 2.75) is 37.8 Å². The molecule has 2 heterocycles. The van der Waals surface area contributed by atoms with Crippen molar-refractivity contribution in [2.75, 3.05) is 31.2 Å². The highest BCUT2D eigenvalue weighted by Crippen LogP contribution is 2.31. The van der Waals surface area contributed by atoms with Crippen LogP contribution >= 0.6 is 0 Å². The van der Waals surface area contributed by atoms with Gasteiger partial charge in [-0.2, -0.15) is 4.98 Å². The molecule has 0 spiro atoms. The predicted molar refractivity (Wildman–Crippen MR) is 104 cm³/mol. The maximum Gasteiger partial charge on any atom is 0.312 e. The minimum absolute atomic E-state index is 0.103. The number of nitrogens with zero attached hydrogens (tertiary/aromatic N) is 2. The molecule has 2 fully saturated rings. The van der Waals surface area contributed by atoms with E-state index in [2.05, 4.69) is 28.4 Å². The van der Waals surface area contributed by atoms with E-state index >= 15 is 0 Å². The first kappa shape index (κ1) is 17.9. The van der Waals surface area contributed by atoms with Crippen LogP contribution in [0, 0.1) is 0 Å². The number of hydrogen-bond acceptors (Lipinski definition) is 5. The summed E-state index contributed by atoms with van der Waals surface area (Å²) in [6.07, 6.45) is 3.60. The van der Waals surface area contributed by atoms with Gasteiger partial charge in [-0.1, -0.05) is 18.2 Å². The van der Waals surface area contributed by atoms with Gasteiger partial charge in [0, 0.05) is 24.5 Å². The Kier molecular flexibility index (Phi) is 5.29. The second-order valence-corrected chi connectivity index (χ2v) is 7.21. The number of pyridine rings is 1. The number of carbonyl (C=O) groups is 1. The molecular weight excluding hydrogens is 344 g/mol. The molecule has 3 N–H and O–H groups in total. The van der Waals surface area contributed by atoms with Crippen molar-refractivity contribution in [3.8, 4) is 5.88 Å². The molecule has 7 nitrogen and oxygen atoms in total. The first-order chi connectivity index (χ1) is 13.2. The average Bonchev–Trinajstić information content (AvgIpc) is 2.70. The number of amides is 2. The number of nitrogens with two attached hydrogens (primary N) is 1. The molecule has 1 saturated carbocycles. The van der Waals surface area contributed by atoms with Gasteiger partial charge < -0.3 is 25.4 Å². The van der Waals surface area contributed by atoms with Crippen molar-refractivity contribution in [1.82, 2.24) is 10.3 Å². The van der Waals surface area contributed by atoms with Gasteiger partial charge in [0.1, 0.15) is 11.9 Å². The number of urea groups is 1. The topological polar surface area (TPSA) is 89.7 Å². The molecule has 1 aromatic heterocycles. The monoisotopic (exact) mass is 370 g/mol. The average molecular weight is 370 g/mol. The third-order valence-corrected chi connectivity index (χ3v) is 5.33. The fourth-order valence-corrected chi connectivity index (χ4v) is 3.88. The first-order valence-corrected chi connectivity index (χ1v) is 9.64. The van der Waals surface area contributed by atoms with Crippen LogP contribution in [0.1, 0.15) is 25.7 Å². The van der Waals surface area contributed by atoms with Crippen LogP contribution in [0.3, 0.4) is 0 Å². The molecule has 2 aliphatic rings. The highest BCUT2D eigenvalue weighted by molar-refractivity contribution is 5.89. The van der Waals surface area contributed by atoms with Crippen LogP contribution in [-0.4, -0.2) is 49.5 Å². The largest absolute Gasteiger partial charge is 0.474 e. The lowest BCUT2D eigenvalue weighted by Crippen LogP contribution is -2.42. The maximum absolute atomic E-state index is 11.0. The molecule has 144 valence electrons. The Bertz CT molecular complexity index is 799. The van der Waals surface area contributed by atoms with Crippen molar-refractivity contribution in [1.29, 1.82) is 0 Å². The number of morpholine rings is 1. The number of fused-ring (bicyclic) bond motifs is 1. The molecule has 2 amide bonds. The summed E-state index contributed by atoms with van der Waals surface area (Å²) in [6, 6.07) is 10.0. The van der Waals surface area contributed by atoms with E-state index in [9.17, 15) is 4.79 Å². The first-order valence-electron chi connectivity index (χ1n) is 9.64. The molecule has 0 radical (unpaired) electrons. The molecule has 4 rings (SSSR count). The second-order valence-electron chi connectivity index (χ2n) is 7.21. The van der Waals surface area contributed by atoms with Gasteiger partial charge in [0.05, 0.1) is 13.2 Å². The fourth-order valence-electron chi connectivity index (χ4n) is 3.88. The summed E-state index contributed by atoms with van der Waals surface area (Å²) >= 11 is 0. The number of hydrogen-bond donors (Lipinski definition) is 2. The van der Waals surface area contributed by atoms with Crippen LogP contribution in [0.4, 0.5) is 10.6 Å². The lowest BCUT2D eigenvalue weighted by atomic mass is 9.93. The Hall–Kier alpha value is -2.54. The van der Waals surface area contributed by atoms with Crippen LogP contribution in [-0.2, 0) is 4.74 Å². The predicted octanol–water partition coefficient (Wildman–Crippen LogP) is 2.43. The molecule has 0 atom stereocenters. The standard InChI is InChI=1S/C20H26N4O3/c21-20(25)22-15-5-7-16(8-6-15)27-19-17-4-2-1-3-14(17)13-18(23-19)24-9-11-26-12-10-24/h1-4,13,15-16H,5-12H2,(H3,21,22,25). The van der Waals surface area contributed by atoms with Crippen LogP contribution in [0.2, 0.25) is 0 Å². The van der Waals surface area contributed by atoms with E-state index in [4.69, 9.17) is 20.2 Å². The minimum Gasteiger partial charge on any atom is -0.474 e. The Morgan fingerprint density at radius 3 is 2.67 bits per heavy atom. The molecule has 0 bridgehead atoms. The summed E-state index contributed by atoms with van der Waals surface area (Å²) in [5.74, 6) is 1.64. The fraction of sp³-hybridized carbons (Fsp3) is 0.500. The maximum atomic E-state index is 11.0. The number of benzene rings is 1. The number of rotatable bonds is 4. The molecule has 7 heteroatoms. The van der Waals surface area contributed by atoms with Crippen molar-refractivity contribution in [2.24, 2.45) is 5.73 Å². The van der Waals surface area contributed by atoms with Gasteiger partial charge in [0.2, 0.25) is 5.88 Å². The van der Waals surface area contributed by atoms with E-state index in [0.717, 1.165) is 68.6 Å². The lowest BCUT2D eigenvalue weighted by molar-refractivity contribution is 0.121. The molecular formula is C20H26N4O3. The number of primary amides is 1. The number of carbonyl (C=O) groups excluding carboxylic acids is 1. The Morgan fingerprint density at radius 2 is 1.93 bits per heavy atom. The van der Waals surface area contributed by atoms with Gasteiger partial charge in [0.15, 0.2) is 0 Å². The SMILES string of the molecule is NC(=O)NC1CCC(Oc2nc(N3CCOCC3)cc3ccccc23)CC1. The summed E-state index contributed by atoms with van der Waals surface area (Å²) in [6.45, 7) is 3.13. The molecule has 0 unspecified atom stereocenters. The summed E-state index contributed by atoms with van der Waals surface area (Å²) in [5, 5.41) is 4.96. The number of aromatic nitrogens is 1. The number of nitrogens with one attached hydrogen (secondary N) is 1. The van der Waals surface area contributed by atoms with Crippen molar-refractivity contribution < 1.29 is 14.3 Å². The van der Waals surface area contributed by atoms with Gasteiger partial charge in [-0.25, -0.2) is 4.79 Å². The lowest BCUT2D eigenvalue weighted by Gasteiger charge is -2.30. The third-order valence-electron chi connectivity index (χ3n) is 5.33. The van der Waals surface area contributed by atoms with Gasteiger partial charge in [-0.15, -0.1) is 0 Å². The van der Waals surface area contributed by atoms with Crippen LogP contribution in [0.15, 0.2) is 30.3 Å². The minimum atomic E-state index is -0.453. The van der Waals surface area contributed by atoms with Crippen molar-refractivity contribution in [3.63, 3.8) is 0 Å². The molecule has 1 saturated heterocycles. The van der Waals surface area contributed by atoms with Gasteiger partial charge in [-0.05, 0) is 43.2 Å². The van der Waals surface area contributed by atoms with Gasteiger partial charge in [0.25, 0.3) is 0 Å². The van der Waals surface area contributed by atoms with Gasteiger partial charge in [-0.3, -0.25) is 0 Å².